The average Bonchev–Trinajstić information content (AvgIpc) is 2.60. The maximum Gasteiger partial charge on any atom is 0.416 e. The summed E-state index contributed by atoms with van der Waals surface area (Å²) in [5.74, 6) is -3.25. The summed E-state index contributed by atoms with van der Waals surface area (Å²) in [5, 5.41) is 8.36. The van der Waals surface area contributed by atoms with Gasteiger partial charge in [0.2, 0.25) is 0 Å². The van der Waals surface area contributed by atoms with Crippen LogP contribution in [0.1, 0.15) is 21.5 Å². The van der Waals surface area contributed by atoms with E-state index < -0.39 is 48.1 Å². The van der Waals surface area contributed by atoms with E-state index in [4.69, 9.17) is 9.84 Å². The highest BCUT2D eigenvalue weighted by atomic mass is 79.9. The number of carboxylic acid groups (broad SMARTS) is 1. The fourth-order valence-corrected chi connectivity index (χ4v) is 2.36. The van der Waals surface area contributed by atoms with Crippen LogP contribution in [0.15, 0.2) is 46.9 Å². The van der Waals surface area contributed by atoms with Gasteiger partial charge in [0.25, 0.3) is 5.91 Å². The number of nitrogens with zero attached hydrogens (tertiary/aromatic N) is 1. The highest BCUT2D eigenvalue weighted by Gasteiger charge is 2.33. The van der Waals surface area contributed by atoms with E-state index in [-0.39, 0.29) is 5.12 Å². The minimum absolute atomic E-state index is 0.271. The van der Waals surface area contributed by atoms with Gasteiger partial charge < -0.3 is 9.84 Å². The molecule has 0 aliphatic carbocycles. The molecule has 1 N–H and O–H groups in total. The van der Waals surface area contributed by atoms with Gasteiger partial charge in [0.05, 0.1) is 17.7 Å². The summed E-state index contributed by atoms with van der Waals surface area (Å²) >= 11 is 3.20. The number of carboxylic acids is 1. The Morgan fingerprint density at radius 1 is 1.11 bits per heavy atom. The van der Waals surface area contributed by atoms with Crippen molar-refractivity contribution in [2.24, 2.45) is 0 Å². The molecule has 0 unspecified atom stereocenters. The van der Waals surface area contributed by atoms with Gasteiger partial charge in [0.1, 0.15) is 5.75 Å². The molecule has 27 heavy (non-hydrogen) atoms. The number of amides is 1. The number of hydrogen-bond donors (Lipinski definition) is 1. The lowest BCUT2D eigenvalue weighted by atomic mass is 10.1. The number of hydrogen-bond acceptors (Lipinski definition) is 3. The maximum atomic E-state index is 14.3. The molecule has 0 bridgehead atoms. The molecule has 0 saturated carbocycles. The van der Waals surface area contributed by atoms with Gasteiger partial charge in [-0.3, -0.25) is 4.79 Å². The van der Waals surface area contributed by atoms with E-state index in [0.29, 0.717) is 17.7 Å². The van der Waals surface area contributed by atoms with E-state index in [1.807, 2.05) is 0 Å². The first-order valence-electron chi connectivity index (χ1n) is 7.36. The number of benzene rings is 2. The van der Waals surface area contributed by atoms with Crippen LogP contribution in [0.4, 0.5) is 17.7 Å². The zero-order chi connectivity index (χ0) is 20.2. The van der Waals surface area contributed by atoms with Crippen molar-refractivity contribution in [2.45, 2.75) is 12.7 Å². The molecule has 0 aliphatic heterocycles. The standard InChI is InChI=1S/C17H12BrF4NO4/c18-12-4-1-10(2-5-12)8-23(22)16(26)13-7-11(17(19,20)21)3-6-14(13)27-9-15(24)25/h1-7H,8-9H2,(H,24,25). The van der Waals surface area contributed by atoms with Crippen molar-refractivity contribution in [3.05, 3.63) is 63.6 Å². The molecule has 10 heteroatoms. The van der Waals surface area contributed by atoms with Crippen molar-refractivity contribution in [1.29, 1.82) is 0 Å². The second-order valence-electron chi connectivity index (χ2n) is 5.34. The Morgan fingerprint density at radius 2 is 1.74 bits per heavy atom. The van der Waals surface area contributed by atoms with Crippen molar-refractivity contribution in [3.63, 3.8) is 0 Å². The Morgan fingerprint density at radius 3 is 2.30 bits per heavy atom. The maximum absolute atomic E-state index is 14.3. The number of ether oxygens (including phenoxy) is 1. The third-order valence-electron chi connectivity index (χ3n) is 3.34. The lowest BCUT2D eigenvalue weighted by Crippen LogP contribution is -2.24. The summed E-state index contributed by atoms with van der Waals surface area (Å²) in [6.45, 7) is -1.41. The number of alkyl halides is 3. The van der Waals surface area contributed by atoms with Gasteiger partial charge in [-0.25, -0.2) is 4.79 Å². The zero-order valence-electron chi connectivity index (χ0n) is 13.5. The van der Waals surface area contributed by atoms with Crippen molar-refractivity contribution < 1.29 is 37.1 Å². The zero-order valence-corrected chi connectivity index (χ0v) is 15.1. The summed E-state index contributed by atoms with van der Waals surface area (Å²) in [7, 11) is 0. The normalized spacial score (nSPS) is 11.1. The van der Waals surface area contributed by atoms with Crippen LogP contribution in [0.5, 0.6) is 5.75 Å². The van der Waals surface area contributed by atoms with E-state index in [1.165, 1.54) is 12.1 Å². The van der Waals surface area contributed by atoms with Crippen LogP contribution in [0.2, 0.25) is 0 Å². The van der Waals surface area contributed by atoms with Crippen molar-refractivity contribution >= 4 is 27.8 Å². The summed E-state index contributed by atoms with van der Waals surface area (Å²) < 4.78 is 58.6. The molecular formula is C17H12BrF4NO4. The van der Waals surface area contributed by atoms with Crippen molar-refractivity contribution in [1.82, 2.24) is 5.12 Å². The highest BCUT2D eigenvalue weighted by molar-refractivity contribution is 9.10. The van der Waals surface area contributed by atoms with E-state index in [9.17, 15) is 27.2 Å². The third kappa shape index (κ3) is 5.68. The van der Waals surface area contributed by atoms with Gasteiger partial charge in [-0.2, -0.15) is 18.3 Å². The SMILES string of the molecule is O=C(O)COc1ccc(C(F)(F)F)cc1C(=O)N(F)Cc1ccc(Br)cc1. The second-order valence-corrected chi connectivity index (χ2v) is 6.26. The minimum Gasteiger partial charge on any atom is -0.481 e. The van der Waals surface area contributed by atoms with Gasteiger partial charge in [-0.1, -0.05) is 32.5 Å². The van der Waals surface area contributed by atoms with E-state index in [0.717, 1.165) is 10.5 Å². The molecule has 144 valence electrons. The van der Waals surface area contributed by atoms with Crippen LogP contribution >= 0.6 is 15.9 Å². The number of carbonyl (C=O) groups excluding carboxylic acids is 1. The Bertz CT molecular complexity index is 840. The molecule has 5 nitrogen and oxygen atoms in total. The Kier molecular flexibility index (Phi) is 6.42. The molecule has 0 fully saturated rings. The van der Waals surface area contributed by atoms with Crippen LogP contribution in [0.3, 0.4) is 0 Å². The molecule has 2 rings (SSSR count). The number of aliphatic carboxylic acids is 1. The minimum atomic E-state index is -4.77. The fourth-order valence-electron chi connectivity index (χ4n) is 2.09. The van der Waals surface area contributed by atoms with Gasteiger partial charge in [0.15, 0.2) is 6.61 Å². The van der Waals surface area contributed by atoms with Gasteiger partial charge in [0, 0.05) is 4.47 Å². The van der Waals surface area contributed by atoms with Crippen LogP contribution in [0, 0.1) is 0 Å². The summed E-state index contributed by atoms with van der Waals surface area (Å²) in [4.78, 5) is 22.9. The molecule has 0 saturated heterocycles. The molecule has 2 aromatic carbocycles. The molecule has 0 spiro atoms. The lowest BCUT2D eigenvalue weighted by molar-refractivity contribution is -0.140. The fraction of sp³-hybridized carbons (Fsp3) is 0.176. The largest absolute Gasteiger partial charge is 0.481 e. The topological polar surface area (TPSA) is 66.8 Å². The van der Waals surface area contributed by atoms with Crippen molar-refractivity contribution in [2.75, 3.05) is 6.61 Å². The molecule has 0 radical (unpaired) electrons. The quantitative estimate of drug-likeness (QED) is 0.522. The first-order valence-corrected chi connectivity index (χ1v) is 8.15. The predicted octanol–water partition coefficient (Wildman–Crippen LogP) is 4.46. The predicted molar refractivity (Wildman–Crippen MR) is 89.7 cm³/mol. The van der Waals surface area contributed by atoms with Gasteiger partial charge in [-0.05, 0) is 35.9 Å². The Hall–Kier alpha value is -2.62. The van der Waals surface area contributed by atoms with Crippen LogP contribution in [-0.4, -0.2) is 28.7 Å². The van der Waals surface area contributed by atoms with Crippen LogP contribution < -0.4 is 4.74 Å². The lowest BCUT2D eigenvalue weighted by Gasteiger charge is -2.17. The summed E-state index contributed by atoms with van der Waals surface area (Å²) in [6, 6.07) is 8.10. The molecule has 0 aromatic heterocycles. The summed E-state index contributed by atoms with van der Waals surface area (Å²) in [6.07, 6.45) is -4.77. The first-order chi connectivity index (χ1) is 12.6. The van der Waals surface area contributed by atoms with Crippen LogP contribution in [-0.2, 0) is 17.5 Å². The monoisotopic (exact) mass is 449 g/mol. The molecule has 0 heterocycles. The smallest absolute Gasteiger partial charge is 0.416 e. The van der Waals surface area contributed by atoms with E-state index in [2.05, 4.69) is 15.9 Å². The molecule has 2 aromatic rings. The molecule has 0 atom stereocenters. The Balaban J connectivity index is 2.31. The molecular weight excluding hydrogens is 438 g/mol. The number of rotatable bonds is 6. The van der Waals surface area contributed by atoms with E-state index in [1.54, 1.807) is 12.1 Å². The first kappa shape index (κ1) is 20.7. The third-order valence-corrected chi connectivity index (χ3v) is 3.87. The second kappa shape index (κ2) is 8.38. The Labute approximate surface area is 159 Å². The molecule has 0 aliphatic rings. The number of carbonyl (C=O) groups is 2. The average molecular weight is 450 g/mol. The van der Waals surface area contributed by atoms with Gasteiger partial charge >= 0.3 is 12.1 Å². The number of halogens is 5. The van der Waals surface area contributed by atoms with E-state index >= 15 is 0 Å². The van der Waals surface area contributed by atoms with Gasteiger partial charge in [-0.15, -0.1) is 0 Å². The molecule has 1 amide bonds. The van der Waals surface area contributed by atoms with Crippen molar-refractivity contribution in [3.8, 4) is 5.75 Å². The highest BCUT2D eigenvalue weighted by Crippen LogP contribution is 2.33. The summed E-state index contributed by atoms with van der Waals surface area (Å²) in [5.41, 5.74) is -1.52. The van der Waals surface area contributed by atoms with Crippen LogP contribution in [0.25, 0.3) is 0 Å².